The van der Waals surface area contributed by atoms with E-state index in [1.165, 1.54) is 0 Å². The number of carbonyl (C=O) groups excluding carboxylic acids is 1. The number of carboxylic acids is 1. The van der Waals surface area contributed by atoms with Gasteiger partial charge in [-0.15, -0.1) is 0 Å². The van der Waals surface area contributed by atoms with Gasteiger partial charge >= 0.3 is 12.0 Å². The molecule has 1 fully saturated rings. The number of carbonyl (C=O) groups is 2. The van der Waals surface area contributed by atoms with Crippen LogP contribution in [0, 0.1) is 11.3 Å². The first-order chi connectivity index (χ1) is 9.89. The number of nitrogens with one attached hydrogen (secondary N) is 2. The van der Waals surface area contributed by atoms with Gasteiger partial charge in [0.2, 0.25) is 0 Å². The van der Waals surface area contributed by atoms with E-state index in [-0.39, 0.29) is 18.6 Å². The summed E-state index contributed by atoms with van der Waals surface area (Å²) < 4.78 is 0. The topological polar surface area (TPSA) is 78.4 Å². The number of urea groups is 1. The summed E-state index contributed by atoms with van der Waals surface area (Å²) >= 11 is 1.77. The summed E-state index contributed by atoms with van der Waals surface area (Å²) in [7, 11) is 0. The van der Waals surface area contributed by atoms with Crippen molar-refractivity contribution in [3.05, 3.63) is 0 Å². The first-order valence-electron chi connectivity index (χ1n) is 7.75. The van der Waals surface area contributed by atoms with Crippen molar-refractivity contribution in [3.8, 4) is 0 Å². The van der Waals surface area contributed by atoms with E-state index in [0.717, 1.165) is 24.3 Å². The third kappa shape index (κ3) is 5.77. The quantitative estimate of drug-likeness (QED) is 0.675. The van der Waals surface area contributed by atoms with Gasteiger partial charge in [-0.25, -0.2) is 4.79 Å². The lowest BCUT2D eigenvalue weighted by atomic mass is 9.71. The Bertz CT molecular complexity index is 355. The van der Waals surface area contributed by atoms with E-state index in [4.69, 9.17) is 0 Å². The molecule has 0 heterocycles. The molecule has 0 aromatic carbocycles. The molecule has 0 aromatic heterocycles. The van der Waals surface area contributed by atoms with Gasteiger partial charge in [0.05, 0.1) is 5.41 Å². The van der Waals surface area contributed by atoms with E-state index >= 15 is 0 Å². The van der Waals surface area contributed by atoms with Gasteiger partial charge in [-0.1, -0.05) is 13.8 Å². The zero-order valence-corrected chi connectivity index (χ0v) is 14.1. The molecule has 122 valence electrons. The molecule has 0 saturated heterocycles. The van der Waals surface area contributed by atoms with Crippen LogP contribution in [-0.2, 0) is 4.79 Å². The molecular weight excluding hydrogens is 288 g/mol. The molecule has 2 amide bonds. The first kappa shape index (κ1) is 18.1. The van der Waals surface area contributed by atoms with Gasteiger partial charge in [0.1, 0.15) is 0 Å². The van der Waals surface area contributed by atoms with Crippen LogP contribution in [0.4, 0.5) is 4.79 Å². The number of carboxylic acid groups (broad SMARTS) is 1. The highest BCUT2D eigenvalue weighted by Gasteiger charge is 2.41. The van der Waals surface area contributed by atoms with Crippen LogP contribution in [0.3, 0.4) is 0 Å². The van der Waals surface area contributed by atoms with Crippen molar-refractivity contribution in [2.45, 2.75) is 52.5 Å². The maximum atomic E-state index is 11.9. The fraction of sp³-hybridized carbons (Fsp3) is 0.867. The third-order valence-corrected chi connectivity index (χ3v) is 5.37. The van der Waals surface area contributed by atoms with Crippen LogP contribution in [0.15, 0.2) is 0 Å². The normalized spacial score (nSPS) is 26.9. The molecule has 1 aliphatic carbocycles. The smallest absolute Gasteiger partial charge is 0.315 e. The van der Waals surface area contributed by atoms with Crippen molar-refractivity contribution in [3.63, 3.8) is 0 Å². The minimum Gasteiger partial charge on any atom is -0.481 e. The van der Waals surface area contributed by atoms with Gasteiger partial charge in [-0.2, -0.15) is 11.8 Å². The minimum absolute atomic E-state index is 0.0853. The summed E-state index contributed by atoms with van der Waals surface area (Å²) in [6.07, 6.45) is 3.12. The van der Waals surface area contributed by atoms with E-state index in [1.807, 2.05) is 6.92 Å². The number of thioether (sulfide) groups is 1. The number of aliphatic carboxylic acids is 1. The maximum Gasteiger partial charge on any atom is 0.315 e. The predicted molar refractivity (Wildman–Crippen MR) is 86.7 cm³/mol. The zero-order valence-electron chi connectivity index (χ0n) is 13.3. The second-order valence-corrected chi connectivity index (χ2v) is 7.47. The Morgan fingerprint density at radius 2 is 2.00 bits per heavy atom. The molecule has 6 heteroatoms. The molecule has 0 spiro atoms. The fourth-order valence-electron chi connectivity index (χ4n) is 2.64. The largest absolute Gasteiger partial charge is 0.481 e. The van der Waals surface area contributed by atoms with Gasteiger partial charge in [0.25, 0.3) is 0 Å². The molecule has 1 atom stereocenters. The average Bonchev–Trinajstić information content (AvgIpc) is 2.44. The van der Waals surface area contributed by atoms with Crippen LogP contribution < -0.4 is 10.6 Å². The van der Waals surface area contributed by atoms with E-state index in [1.54, 1.807) is 11.8 Å². The summed E-state index contributed by atoms with van der Waals surface area (Å²) in [4.78, 5) is 23.4. The van der Waals surface area contributed by atoms with Gasteiger partial charge in [-0.05, 0) is 44.3 Å². The second kappa shape index (κ2) is 8.51. The molecule has 0 bridgehead atoms. The third-order valence-electron chi connectivity index (χ3n) is 4.22. The summed E-state index contributed by atoms with van der Waals surface area (Å²) in [5, 5.41) is 15.1. The summed E-state index contributed by atoms with van der Waals surface area (Å²) in [6, 6.07) is -0.180. The summed E-state index contributed by atoms with van der Waals surface area (Å²) in [5.74, 6) is 1.68. The van der Waals surface area contributed by atoms with Crippen molar-refractivity contribution in [2.75, 3.05) is 18.1 Å². The monoisotopic (exact) mass is 316 g/mol. The molecule has 0 aromatic rings. The van der Waals surface area contributed by atoms with Crippen LogP contribution >= 0.6 is 11.8 Å². The van der Waals surface area contributed by atoms with E-state index in [9.17, 15) is 14.7 Å². The Labute approximate surface area is 131 Å². The lowest BCUT2D eigenvalue weighted by Crippen LogP contribution is -2.49. The molecule has 1 saturated carbocycles. The van der Waals surface area contributed by atoms with Gasteiger partial charge in [0, 0.05) is 18.3 Å². The Morgan fingerprint density at radius 1 is 1.38 bits per heavy atom. The minimum atomic E-state index is -0.788. The molecular formula is C15H28N2O3S. The Morgan fingerprint density at radius 3 is 2.52 bits per heavy atom. The summed E-state index contributed by atoms with van der Waals surface area (Å²) in [6.45, 7) is 6.41. The van der Waals surface area contributed by atoms with E-state index in [0.29, 0.717) is 18.8 Å². The number of amides is 2. The predicted octanol–water partition coefficient (Wildman–Crippen LogP) is 2.71. The molecule has 0 radical (unpaired) electrons. The second-order valence-electron chi connectivity index (χ2n) is 6.16. The first-order valence-corrected chi connectivity index (χ1v) is 8.90. The Kier molecular flexibility index (Phi) is 7.35. The fourth-order valence-corrected chi connectivity index (χ4v) is 3.31. The van der Waals surface area contributed by atoms with Crippen LogP contribution in [0.25, 0.3) is 0 Å². The van der Waals surface area contributed by atoms with Gasteiger partial charge < -0.3 is 15.7 Å². The standard InChI is InChI=1S/C15H28N2O3S/c1-4-21-9-12(3)17-14(20)16-10-15(13(18)19)7-5-11(2)6-8-15/h11-12H,4-10H2,1-3H3,(H,18,19)(H2,16,17,20). The number of rotatable bonds is 7. The highest BCUT2D eigenvalue weighted by molar-refractivity contribution is 7.99. The number of hydrogen-bond acceptors (Lipinski definition) is 3. The highest BCUT2D eigenvalue weighted by Crippen LogP contribution is 2.38. The summed E-state index contributed by atoms with van der Waals surface area (Å²) in [5.41, 5.74) is -0.786. The molecule has 21 heavy (non-hydrogen) atoms. The zero-order chi connectivity index (χ0) is 15.9. The Balaban J connectivity index is 2.43. The van der Waals surface area contributed by atoms with Gasteiger partial charge in [0.15, 0.2) is 0 Å². The lowest BCUT2D eigenvalue weighted by molar-refractivity contribution is -0.151. The van der Waals surface area contributed by atoms with Crippen LogP contribution in [0.2, 0.25) is 0 Å². The van der Waals surface area contributed by atoms with Crippen molar-refractivity contribution in [2.24, 2.45) is 11.3 Å². The molecule has 1 unspecified atom stereocenters. The van der Waals surface area contributed by atoms with Crippen molar-refractivity contribution in [1.82, 2.24) is 10.6 Å². The number of hydrogen-bond donors (Lipinski definition) is 3. The lowest BCUT2D eigenvalue weighted by Gasteiger charge is -2.35. The SMILES string of the molecule is CCSCC(C)NC(=O)NCC1(C(=O)O)CCC(C)CC1. The van der Waals surface area contributed by atoms with Gasteiger partial charge in [-0.3, -0.25) is 4.79 Å². The van der Waals surface area contributed by atoms with Crippen molar-refractivity contribution >= 4 is 23.8 Å². The maximum absolute atomic E-state index is 11.9. The van der Waals surface area contributed by atoms with Crippen molar-refractivity contribution in [1.29, 1.82) is 0 Å². The van der Waals surface area contributed by atoms with E-state index < -0.39 is 11.4 Å². The molecule has 5 nitrogen and oxygen atoms in total. The Hall–Kier alpha value is -0.910. The van der Waals surface area contributed by atoms with Crippen LogP contribution in [0.1, 0.15) is 46.5 Å². The molecule has 0 aliphatic heterocycles. The van der Waals surface area contributed by atoms with E-state index in [2.05, 4.69) is 24.5 Å². The van der Waals surface area contributed by atoms with Crippen LogP contribution in [0.5, 0.6) is 0 Å². The molecule has 3 N–H and O–H groups in total. The van der Waals surface area contributed by atoms with Crippen molar-refractivity contribution < 1.29 is 14.7 Å². The molecule has 1 aliphatic rings. The highest BCUT2D eigenvalue weighted by atomic mass is 32.2. The average molecular weight is 316 g/mol. The van der Waals surface area contributed by atoms with Crippen LogP contribution in [-0.4, -0.2) is 41.2 Å². The molecule has 1 rings (SSSR count).